The van der Waals surface area contributed by atoms with Crippen LogP contribution in [0.15, 0.2) is 18.2 Å². The van der Waals surface area contributed by atoms with Gasteiger partial charge in [0.05, 0.1) is 10.0 Å². The van der Waals surface area contributed by atoms with Crippen LogP contribution in [0.25, 0.3) is 0 Å². The molecule has 0 radical (unpaired) electrons. The van der Waals surface area contributed by atoms with Crippen LogP contribution < -0.4 is 5.32 Å². The summed E-state index contributed by atoms with van der Waals surface area (Å²) in [6.45, 7) is 4.12. The molecule has 0 aliphatic rings. The van der Waals surface area contributed by atoms with Gasteiger partial charge in [-0.15, -0.1) is 0 Å². The average molecular weight is 288 g/mol. The second kappa shape index (κ2) is 5.21. The molecule has 1 heterocycles. The highest BCUT2D eigenvalue weighted by atomic mass is 35.5. The molecule has 1 aromatic carbocycles. The van der Waals surface area contributed by atoms with Gasteiger partial charge in [-0.1, -0.05) is 37.0 Å². The van der Waals surface area contributed by atoms with E-state index in [1.165, 1.54) is 11.5 Å². The molecule has 1 aromatic heterocycles. The fraction of sp³-hybridized carbons (Fsp3) is 0.273. The molecule has 0 amide bonds. The second-order valence-electron chi connectivity index (χ2n) is 3.87. The molecular weight excluding hydrogens is 277 g/mol. The van der Waals surface area contributed by atoms with Crippen LogP contribution in [0.5, 0.6) is 0 Å². The van der Waals surface area contributed by atoms with E-state index in [1.807, 2.05) is 6.07 Å². The van der Waals surface area contributed by atoms with E-state index in [-0.39, 0.29) is 0 Å². The van der Waals surface area contributed by atoms with E-state index < -0.39 is 0 Å². The molecule has 1 N–H and O–H groups in total. The molecule has 17 heavy (non-hydrogen) atoms. The van der Waals surface area contributed by atoms with Crippen LogP contribution in [0.2, 0.25) is 10.0 Å². The third-order valence-electron chi connectivity index (χ3n) is 2.13. The lowest BCUT2D eigenvalue weighted by Gasteiger charge is -2.03. The van der Waals surface area contributed by atoms with E-state index in [1.54, 1.807) is 12.1 Å². The summed E-state index contributed by atoms with van der Waals surface area (Å²) in [7, 11) is 0. The Hall–Kier alpha value is -0.840. The lowest BCUT2D eigenvalue weighted by Crippen LogP contribution is -1.92. The third-order valence-corrected chi connectivity index (χ3v) is 3.51. The van der Waals surface area contributed by atoms with Gasteiger partial charge in [0.2, 0.25) is 5.13 Å². The predicted molar refractivity (Wildman–Crippen MR) is 73.7 cm³/mol. The molecular formula is C11H11Cl2N3S. The zero-order chi connectivity index (χ0) is 12.4. The molecule has 0 aliphatic carbocycles. The fourth-order valence-electron chi connectivity index (χ4n) is 1.22. The SMILES string of the molecule is CC(C)c1nsc(Nc2ccc(Cl)c(Cl)c2)n1. The van der Waals surface area contributed by atoms with Crippen molar-refractivity contribution in [2.75, 3.05) is 5.32 Å². The standard InChI is InChI=1S/C11H11Cl2N3S/c1-6(2)10-15-11(17-16-10)14-7-3-4-8(12)9(13)5-7/h3-6H,1-2H3,(H,14,15,16). The van der Waals surface area contributed by atoms with Gasteiger partial charge in [-0.2, -0.15) is 4.37 Å². The van der Waals surface area contributed by atoms with Crippen LogP contribution in [0.3, 0.4) is 0 Å². The van der Waals surface area contributed by atoms with Gasteiger partial charge in [-0.05, 0) is 18.2 Å². The van der Waals surface area contributed by atoms with Crippen molar-refractivity contribution in [1.82, 2.24) is 9.36 Å². The molecule has 0 bridgehead atoms. The molecule has 2 aromatic rings. The minimum atomic E-state index is 0.329. The second-order valence-corrected chi connectivity index (χ2v) is 5.43. The monoisotopic (exact) mass is 287 g/mol. The minimum Gasteiger partial charge on any atom is -0.330 e. The maximum absolute atomic E-state index is 5.93. The highest BCUT2D eigenvalue weighted by Gasteiger charge is 2.08. The van der Waals surface area contributed by atoms with Gasteiger partial charge in [0, 0.05) is 23.1 Å². The van der Waals surface area contributed by atoms with Crippen molar-refractivity contribution in [2.45, 2.75) is 19.8 Å². The summed E-state index contributed by atoms with van der Waals surface area (Å²) in [5.74, 6) is 1.17. The van der Waals surface area contributed by atoms with Crippen LogP contribution in [0, 0.1) is 0 Å². The van der Waals surface area contributed by atoms with Crippen molar-refractivity contribution in [1.29, 1.82) is 0 Å². The van der Waals surface area contributed by atoms with E-state index in [2.05, 4.69) is 28.5 Å². The van der Waals surface area contributed by atoms with E-state index >= 15 is 0 Å². The Kier molecular flexibility index (Phi) is 3.86. The highest BCUT2D eigenvalue weighted by molar-refractivity contribution is 7.09. The highest BCUT2D eigenvalue weighted by Crippen LogP contribution is 2.27. The first kappa shape index (κ1) is 12.6. The van der Waals surface area contributed by atoms with Crippen LogP contribution in [-0.4, -0.2) is 9.36 Å². The summed E-state index contributed by atoms with van der Waals surface area (Å²) in [6.07, 6.45) is 0. The van der Waals surface area contributed by atoms with Crippen molar-refractivity contribution in [3.05, 3.63) is 34.1 Å². The summed E-state index contributed by atoms with van der Waals surface area (Å²) in [5, 5.41) is 4.96. The number of aromatic nitrogens is 2. The Morgan fingerprint density at radius 2 is 2.00 bits per heavy atom. The maximum Gasteiger partial charge on any atom is 0.207 e. The molecule has 0 fully saturated rings. The number of hydrogen-bond acceptors (Lipinski definition) is 4. The number of nitrogens with zero attached hydrogens (tertiary/aromatic N) is 2. The number of benzene rings is 1. The normalized spacial score (nSPS) is 10.9. The maximum atomic E-state index is 5.93. The zero-order valence-corrected chi connectivity index (χ0v) is 11.7. The molecule has 3 nitrogen and oxygen atoms in total. The van der Waals surface area contributed by atoms with E-state index in [4.69, 9.17) is 23.2 Å². The van der Waals surface area contributed by atoms with Crippen LogP contribution >= 0.6 is 34.7 Å². The topological polar surface area (TPSA) is 37.8 Å². The predicted octanol–water partition coefficient (Wildman–Crippen LogP) is 4.71. The average Bonchev–Trinajstić information content (AvgIpc) is 2.72. The van der Waals surface area contributed by atoms with E-state index in [0.717, 1.165) is 16.6 Å². The Morgan fingerprint density at radius 1 is 1.24 bits per heavy atom. The zero-order valence-electron chi connectivity index (χ0n) is 9.37. The van der Waals surface area contributed by atoms with Gasteiger partial charge in [0.15, 0.2) is 0 Å². The first-order valence-corrected chi connectivity index (χ1v) is 6.65. The molecule has 2 rings (SSSR count). The Bertz CT molecular complexity index is 525. The number of anilines is 2. The largest absolute Gasteiger partial charge is 0.330 e. The lowest BCUT2D eigenvalue weighted by molar-refractivity contribution is 0.800. The lowest BCUT2D eigenvalue weighted by atomic mass is 10.2. The number of hydrogen-bond donors (Lipinski definition) is 1. The molecule has 0 atom stereocenters. The minimum absolute atomic E-state index is 0.329. The Balaban J connectivity index is 2.16. The summed E-state index contributed by atoms with van der Waals surface area (Å²) in [4.78, 5) is 4.38. The summed E-state index contributed by atoms with van der Waals surface area (Å²) < 4.78 is 4.26. The number of rotatable bonds is 3. The summed E-state index contributed by atoms with van der Waals surface area (Å²) >= 11 is 13.1. The van der Waals surface area contributed by atoms with Gasteiger partial charge in [0.25, 0.3) is 0 Å². The van der Waals surface area contributed by atoms with Crippen LogP contribution in [-0.2, 0) is 0 Å². The van der Waals surface area contributed by atoms with Crippen molar-refractivity contribution in [3.63, 3.8) is 0 Å². The quantitative estimate of drug-likeness (QED) is 0.888. The van der Waals surface area contributed by atoms with Crippen molar-refractivity contribution in [2.24, 2.45) is 0 Å². The molecule has 0 unspecified atom stereocenters. The van der Waals surface area contributed by atoms with Gasteiger partial charge in [-0.3, -0.25) is 0 Å². The smallest absolute Gasteiger partial charge is 0.207 e. The van der Waals surface area contributed by atoms with Gasteiger partial charge in [0.1, 0.15) is 5.82 Å². The Labute approximate surface area is 114 Å². The van der Waals surface area contributed by atoms with E-state index in [9.17, 15) is 0 Å². The molecule has 6 heteroatoms. The molecule has 90 valence electrons. The van der Waals surface area contributed by atoms with Crippen molar-refractivity contribution >= 4 is 45.6 Å². The molecule has 0 saturated heterocycles. The fourth-order valence-corrected chi connectivity index (χ4v) is 2.25. The summed E-state index contributed by atoms with van der Waals surface area (Å²) in [5.41, 5.74) is 0.853. The number of nitrogens with one attached hydrogen (secondary N) is 1. The van der Waals surface area contributed by atoms with Crippen molar-refractivity contribution in [3.8, 4) is 0 Å². The van der Waals surface area contributed by atoms with E-state index in [0.29, 0.717) is 16.0 Å². The molecule has 0 spiro atoms. The van der Waals surface area contributed by atoms with Crippen molar-refractivity contribution < 1.29 is 0 Å². The van der Waals surface area contributed by atoms with Crippen LogP contribution in [0.1, 0.15) is 25.6 Å². The molecule has 0 aliphatic heterocycles. The first-order chi connectivity index (χ1) is 8.06. The van der Waals surface area contributed by atoms with Gasteiger partial charge < -0.3 is 5.32 Å². The Morgan fingerprint density at radius 3 is 2.59 bits per heavy atom. The first-order valence-electron chi connectivity index (χ1n) is 5.12. The van der Waals surface area contributed by atoms with Gasteiger partial charge in [-0.25, -0.2) is 4.98 Å². The van der Waals surface area contributed by atoms with Crippen LogP contribution in [0.4, 0.5) is 10.8 Å². The summed E-state index contributed by atoms with van der Waals surface area (Å²) in [6, 6.07) is 5.36. The van der Waals surface area contributed by atoms with Gasteiger partial charge >= 0.3 is 0 Å². The molecule has 0 saturated carbocycles. The third kappa shape index (κ3) is 3.09. The number of halogens is 2.